The van der Waals surface area contributed by atoms with Crippen LogP contribution in [0.25, 0.3) is 11.1 Å². The lowest BCUT2D eigenvalue weighted by atomic mass is 9.67. The zero-order valence-electron chi connectivity index (χ0n) is 30.6. The number of hydrogen-bond donors (Lipinski definition) is 4. The number of carbonyl (C=O) groups excluding carboxylic acids is 2. The molecule has 0 aliphatic heterocycles. The number of carbonyl (C=O) groups is 2. The Balaban J connectivity index is 1.50. The van der Waals surface area contributed by atoms with Gasteiger partial charge in [0.05, 0.1) is 22.5 Å². The Morgan fingerprint density at radius 1 is 0.667 bits per heavy atom. The first-order valence-corrected chi connectivity index (χ1v) is 18.1. The molecule has 1 amide bonds. The number of hydrogen-bond acceptors (Lipinski definition) is 5. The van der Waals surface area contributed by atoms with Gasteiger partial charge in [0.15, 0.2) is 5.78 Å². The third kappa shape index (κ3) is 6.07. The van der Waals surface area contributed by atoms with Crippen molar-refractivity contribution in [3.05, 3.63) is 143 Å². The number of anilines is 3. The number of nitrogens with one attached hydrogen (secondary N) is 2. The molecule has 0 saturated carbocycles. The predicted molar refractivity (Wildman–Crippen MR) is 210 cm³/mol. The third-order valence-electron chi connectivity index (χ3n) is 11.6. The largest absolute Gasteiger partial charge is 0.506 e. The fourth-order valence-electron chi connectivity index (χ4n) is 7.46. The summed E-state index contributed by atoms with van der Waals surface area (Å²) in [5.41, 5.74) is 13.9. The van der Waals surface area contributed by atoms with Crippen molar-refractivity contribution >= 4 is 28.8 Å². The maximum atomic E-state index is 13.9. The number of amides is 1. The van der Waals surface area contributed by atoms with Gasteiger partial charge in [0.25, 0.3) is 5.91 Å². The maximum Gasteiger partial charge on any atom is 0.255 e. The van der Waals surface area contributed by atoms with Crippen molar-refractivity contribution in [2.45, 2.75) is 78.2 Å². The van der Waals surface area contributed by atoms with Gasteiger partial charge < -0.3 is 21.5 Å². The van der Waals surface area contributed by atoms with E-state index in [-0.39, 0.29) is 23.0 Å². The Morgan fingerprint density at radius 2 is 1.22 bits per heavy atom. The zero-order valence-corrected chi connectivity index (χ0v) is 30.6. The van der Waals surface area contributed by atoms with Crippen molar-refractivity contribution in [1.82, 2.24) is 0 Å². The summed E-state index contributed by atoms with van der Waals surface area (Å²) >= 11 is 0. The molecule has 0 spiro atoms. The van der Waals surface area contributed by atoms with E-state index < -0.39 is 10.8 Å². The van der Waals surface area contributed by atoms with Crippen molar-refractivity contribution in [2.75, 3.05) is 16.4 Å². The molecule has 0 unspecified atom stereocenters. The Labute approximate surface area is 302 Å². The standard InChI is InChI=1S/C45H49N3O3/c1-7-43(5,8-2)41(50)29-16-15-17-30(26-29)42(51)47-38-27-31(22-24-37(38)46)45(32-23-25-40(49)39(28-32)48-44(6,9-3)10-4)35-20-13-11-18-33(35)34-19-12-14-21-36(34)45/h11-28,48-49H,7-10,46H2,1-6H3,(H,47,51). The van der Waals surface area contributed by atoms with Crippen molar-refractivity contribution < 1.29 is 14.7 Å². The SMILES string of the molecule is CCC(C)(CC)Nc1cc(C2(c3ccc(N)c(NC(=O)c4cccc(C(=O)C(C)(CC)CC)c4)c3)c3ccccc3-c3ccccc32)ccc1O. The molecule has 0 radical (unpaired) electrons. The Morgan fingerprint density at radius 3 is 1.80 bits per heavy atom. The summed E-state index contributed by atoms with van der Waals surface area (Å²) in [6.07, 6.45) is 3.20. The van der Waals surface area contributed by atoms with Gasteiger partial charge in [-0.1, -0.05) is 107 Å². The number of nitrogens with two attached hydrogens (primary N) is 1. The van der Waals surface area contributed by atoms with E-state index in [9.17, 15) is 14.7 Å². The van der Waals surface area contributed by atoms with E-state index in [1.54, 1.807) is 30.3 Å². The number of nitrogen functional groups attached to an aromatic ring is 1. The molecule has 1 aliphatic rings. The lowest BCUT2D eigenvalue weighted by Crippen LogP contribution is -2.33. The highest BCUT2D eigenvalue weighted by Crippen LogP contribution is 2.57. The number of Topliss-reactive ketones (excluding diaryl/α,β-unsaturated/α-hetero) is 1. The highest BCUT2D eigenvalue weighted by atomic mass is 16.3. The molecule has 1 aliphatic carbocycles. The second-order valence-corrected chi connectivity index (χ2v) is 14.4. The first-order chi connectivity index (χ1) is 24.4. The van der Waals surface area contributed by atoms with E-state index >= 15 is 0 Å². The van der Waals surface area contributed by atoms with Crippen LogP contribution in [-0.2, 0) is 5.41 Å². The van der Waals surface area contributed by atoms with Gasteiger partial charge in [-0.3, -0.25) is 9.59 Å². The van der Waals surface area contributed by atoms with Gasteiger partial charge >= 0.3 is 0 Å². The number of ketones is 1. The average Bonchev–Trinajstić information content (AvgIpc) is 3.47. The quantitative estimate of drug-likeness (QED) is 0.0585. The average molecular weight is 680 g/mol. The lowest BCUT2D eigenvalue weighted by Gasteiger charge is -2.36. The molecule has 6 rings (SSSR count). The summed E-state index contributed by atoms with van der Waals surface area (Å²) in [7, 11) is 0. The number of aromatic hydroxyl groups is 1. The molecule has 6 nitrogen and oxygen atoms in total. The van der Waals surface area contributed by atoms with Crippen LogP contribution in [0.5, 0.6) is 5.75 Å². The number of phenols is 1. The first kappa shape index (κ1) is 35.5. The molecule has 0 bridgehead atoms. The second kappa shape index (κ2) is 13.7. The molecule has 5 aromatic rings. The monoisotopic (exact) mass is 679 g/mol. The summed E-state index contributed by atoms with van der Waals surface area (Å²) in [6.45, 7) is 12.5. The van der Waals surface area contributed by atoms with E-state index in [0.717, 1.165) is 46.2 Å². The van der Waals surface area contributed by atoms with Gasteiger partial charge in [0, 0.05) is 22.1 Å². The Hall–Kier alpha value is -5.36. The fourth-order valence-corrected chi connectivity index (χ4v) is 7.46. The van der Waals surface area contributed by atoms with E-state index in [2.05, 4.69) is 86.0 Å². The lowest BCUT2D eigenvalue weighted by molar-refractivity contribution is 0.0802. The fraction of sp³-hybridized carbons (Fsp3) is 0.289. The van der Waals surface area contributed by atoms with Crippen molar-refractivity contribution in [1.29, 1.82) is 0 Å². The van der Waals surface area contributed by atoms with Gasteiger partial charge in [-0.2, -0.15) is 0 Å². The van der Waals surface area contributed by atoms with Crippen LogP contribution in [0.15, 0.2) is 109 Å². The molecule has 51 heavy (non-hydrogen) atoms. The number of benzene rings is 5. The molecule has 0 saturated heterocycles. The number of phenolic OH excluding ortho intramolecular Hbond substituents is 1. The van der Waals surface area contributed by atoms with E-state index in [1.165, 1.54) is 0 Å². The summed E-state index contributed by atoms with van der Waals surface area (Å²) in [6, 6.07) is 35.4. The zero-order chi connectivity index (χ0) is 36.6. The molecule has 262 valence electrons. The molecule has 0 atom stereocenters. The minimum Gasteiger partial charge on any atom is -0.506 e. The number of fused-ring (bicyclic) bond motifs is 3. The minimum absolute atomic E-state index is 0.0325. The molecule has 0 fully saturated rings. The van der Waals surface area contributed by atoms with Gasteiger partial charge in [-0.15, -0.1) is 0 Å². The van der Waals surface area contributed by atoms with Crippen molar-refractivity contribution in [3.8, 4) is 16.9 Å². The van der Waals surface area contributed by atoms with E-state index in [0.29, 0.717) is 41.0 Å². The van der Waals surface area contributed by atoms with Crippen LogP contribution in [0, 0.1) is 5.41 Å². The van der Waals surface area contributed by atoms with Crippen LogP contribution in [-0.4, -0.2) is 22.3 Å². The molecule has 6 heteroatoms. The third-order valence-corrected chi connectivity index (χ3v) is 11.6. The Kier molecular flexibility index (Phi) is 9.56. The molecule has 0 aromatic heterocycles. The number of rotatable bonds is 12. The van der Waals surface area contributed by atoms with Crippen LogP contribution in [0.3, 0.4) is 0 Å². The van der Waals surface area contributed by atoms with Gasteiger partial charge in [-0.25, -0.2) is 0 Å². The van der Waals surface area contributed by atoms with Crippen LogP contribution in [0.2, 0.25) is 0 Å². The molecule has 5 aromatic carbocycles. The van der Waals surface area contributed by atoms with Crippen LogP contribution in [0.4, 0.5) is 17.1 Å². The van der Waals surface area contributed by atoms with Crippen molar-refractivity contribution in [3.63, 3.8) is 0 Å². The highest BCUT2D eigenvalue weighted by Gasteiger charge is 2.46. The molecular formula is C45H49N3O3. The highest BCUT2D eigenvalue weighted by molar-refractivity contribution is 6.08. The molecule has 5 N–H and O–H groups in total. The molecular weight excluding hydrogens is 631 g/mol. The summed E-state index contributed by atoms with van der Waals surface area (Å²) in [4.78, 5) is 27.3. The summed E-state index contributed by atoms with van der Waals surface area (Å²) < 4.78 is 0. The normalized spacial score (nSPS) is 13.3. The summed E-state index contributed by atoms with van der Waals surface area (Å²) in [5, 5.41) is 17.9. The summed E-state index contributed by atoms with van der Waals surface area (Å²) in [5.74, 6) is -0.130. The molecule has 0 heterocycles. The Bertz CT molecular complexity index is 2060. The van der Waals surface area contributed by atoms with Gasteiger partial charge in [-0.05, 0) is 102 Å². The van der Waals surface area contributed by atoms with Gasteiger partial charge in [0.1, 0.15) is 5.75 Å². The van der Waals surface area contributed by atoms with Crippen molar-refractivity contribution in [2.24, 2.45) is 5.41 Å². The first-order valence-electron chi connectivity index (χ1n) is 18.1. The van der Waals surface area contributed by atoms with Gasteiger partial charge in [0.2, 0.25) is 0 Å². The smallest absolute Gasteiger partial charge is 0.255 e. The topological polar surface area (TPSA) is 104 Å². The van der Waals surface area contributed by atoms with Crippen LogP contribution >= 0.6 is 0 Å². The predicted octanol–water partition coefficient (Wildman–Crippen LogP) is 10.6. The van der Waals surface area contributed by atoms with Crippen LogP contribution in [0.1, 0.15) is 110 Å². The van der Waals surface area contributed by atoms with E-state index in [4.69, 9.17) is 5.73 Å². The second-order valence-electron chi connectivity index (χ2n) is 14.4. The van der Waals surface area contributed by atoms with E-state index in [1.807, 2.05) is 45.0 Å². The van der Waals surface area contributed by atoms with Crippen LogP contribution < -0.4 is 16.4 Å². The minimum atomic E-state index is -0.795. The maximum absolute atomic E-state index is 13.9.